The third-order valence-electron chi connectivity index (χ3n) is 7.65. The van der Waals surface area contributed by atoms with Gasteiger partial charge >= 0.3 is 17.2 Å². The van der Waals surface area contributed by atoms with Crippen LogP contribution < -0.4 is 0 Å². The summed E-state index contributed by atoms with van der Waals surface area (Å²) in [5, 5.41) is 44.2. The molecule has 11 heteroatoms. The lowest BCUT2D eigenvalue weighted by Crippen LogP contribution is -2.58. The predicted molar refractivity (Wildman–Crippen MR) is 162 cm³/mol. The molecule has 2 unspecified atom stereocenters. The van der Waals surface area contributed by atoms with Crippen molar-refractivity contribution in [3.8, 4) is 0 Å². The molecule has 236 valence electrons. The first-order chi connectivity index (χ1) is 19.1. The van der Waals surface area contributed by atoms with E-state index in [0.29, 0.717) is 18.4 Å². The molecule has 40 heavy (non-hydrogen) atoms. The fraction of sp³-hybridized carbons (Fsp3) is 0.793. The molecule has 0 radical (unpaired) electrons. The first-order valence-electron chi connectivity index (χ1n) is 14.9. The van der Waals surface area contributed by atoms with Crippen molar-refractivity contribution in [3.05, 3.63) is 35.9 Å². The molecule has 1 aromatic rings. The lowest BCUT2D eigenvalue weighted by Gasteiger charge is -2.48. The fourth-order valence-corrected chi connectivity index (χ4v) is 5.69. The molecule has 1 rings (SSSR count). The fourth-order valence-electron chi connectivity index (χ4n) is 5.17. The highest BCUT2D eigenvalue weighted by atomic mass is 31.2. The molecule has 0 heterocycles. The topological polar surface area (TPSA) is 171 Å². The lowest BCUT2D eigenvalue weighted by atomic mass is 9.62. The molecular weight excluding hydrogens is 554 g/mol. The summed E-state index contributed by atoms with van der Waals surface area (Å²) in [7, 11) is -5.22. The Kier molecular flexibility index (Phi) is 24.0. The van der Waals surface area contributed by atoms with E-state index in [1.165, 1.54) is 51.4 Å². The Balaban J connectivity index is 0.00000191. The minimum atomic E-state index is -2.61. The third-order valence-corrected chi connectivity index (χ3v) is 8.81. The molecule has 1 aromatic carbocycles. The van der Waals surface area contributed by atoms with Crippen molar-refractivity contribution in [2.75, 3.05) is 13.2 Å². The molecule has 0 aromatic heterocycles. The molecule has 0 aliphatic rings. The molecule has 0 amide bonds. The normalized spacial score (nSPS) is 14.2. The van der Waals surface area contributed by atoms with E-state index in [9.17, 15) is 20.4 Å². The third kappa shape index (κ3) is 15.3. The molecular formula is C29H56O9P2. The van der Waals surface area contributed by atoms with Gasteiger partial charge in [-0.1, -0.05) is 134 Å². The largest absolute Gasteiger partial charge is 0.395 e. The van der Waals surface area contributed by atoms with Gasteiger partial charge in [-0.2, -0.15) is 0 Å². The van der Waals surface area contributed by atoms with Crippen LogP contribution in [0.3, 0.4) is 0 Å². The summed E-state index contributed by atoms with van der Waals surface area (Å²) >= 11 is 0. The van der Waals surface area contributed by atoms with Crippen LogP contribution >= 0.6 is 17.2 Å². The van der Waals surface area contributed by atoms with Crippen molar-refractivity contribution in [2.45, 2.75) is 128 Å². The van der Waals surface area contributed by atoms with Gasteiger partial charge < -0.3 is 40.0 Å². The van der Waals surface area contributed by atoms with Crippen LogP contribution in [0, 0.1) is 5.41 Å². The molecule has 0 saturated carbocycles. The zero-order chi connectivity index (χ0) is 30.3. The number of unbranched alkanes of at least 4 members (excludes halogenated alkanes) is 12. The van der Waals surface area contributed by atoms with Gasteiger partial charge in [-0.15, -0.1) is 0 Å². The maximum atomic E-state index is 12.0. The van der Waals surface area contributed by atoms with Crippen LogP contribution in [0.1, 0.15) is 122 Å². The van der Waals surface area contributed by atoms with Crippen LogP contribution in [0.25, 0.3) is 0 Å². The van der Waals surface area contributed by atoms with Crippen molar-refractivity contribution in [1.82, 2.24) is 0 Å². The quantitative estimate of drug-likeness (QED) is 0.0554. The first kappa shape index (κ1) is 39.7. The van der Waals surface area contributed by atoms with Crippen LogP contribution in [0.15, 0.2) is 30.3 Å². The molecule has 8 N–H and O–H groups in total. The average Bonchev–Trinajstić information content (AvgIpc) is 2.93. The van der Waals surface area contributed by atoms with Gasteiger partial charge in [-0.25, -0.2) is 4.31 Å². The van der Waals surface area contributed by atoms with Gasteiger partial charge in [0.25, 0.3) is 0 Å². The summed E-state index contributed by atoms with van der Waals surface area (Å²) in [6.45, 7) is 3.51. The second-order valence-electron chi connectivity index (χ2n) is 10.6. The van der Waals surface area contributed by atoms with E-state index in [1.54, 1.807) is 0 Å². The maximum absolute atomic E-state index is 12.0. The summed E-state index contributed by atoms with van der Waals surface area (Å²) in [4.78, 5) is 31.3. The number of hydrogen-bond acceptors (Lipinski definition) is 9. The number of benzene rings is 1. The van der Waals surface area contributed by atoms with E-state index in [0.717, 1.165) is 38.5 Å². The van der Waals surface area contributed by atoms with Gasteiger partial charge in [-0.3, -0.25) is 0 Å². The Morgan fingerprint density at radius 1 is 0.675 bits per heavy atom. The van der Waals surface area contributed by atoms with E-state index >= 15 is 0 Å². The molecule has 0 saturated heterocycles. The Morgan fingerprint density at radius 3 is 1.50 bits per heavy atom. The minimum absolute atomic E-state index is 0.417. The summed E-state index contributed by atoms with van der Waals surface area (Å²) < 4.78 is 3.60. The highest BCUT2D eigenvalue weighted by molar-refractivity contribution is 7.53. The van der Waals surface area contributed by atoms with E-state index < -0.39 is 47.5 Å². The minimum Gasteiger partial charge on any atom is -0.395 e. The smallest absolute Gasteiger partial charge is 0.334 e. The van der Waals surface area contributed by atoms with Gasteiger partial charge in [-0.05, 0) is 18.4 Å². The Morgan fingerprint density at radius 2 is 1.10 bits per heavy atom. The Labute approximate surface area is 244 Å². The van der Waals surface area contributed by atoms with Gasteiger partial charge in [0.1, 0.15) is 5.60 Å². The number of aliphatic hydroxyl groups excluding tert-OH is 3. The molecule has 0 bridgehead atoms. The Bertz CT molecular complexity index is 687. The average molecular weight is 611 g/mol. The highest BCUT2D eigenvalue weighted by Crippen LogP contribution is 2.47. The Hall–Kier alpha value is -0.280. The van der Waals surface area contributed by atoms with Gasteiger partial charge in [0.15, 0.2) is 0 Å². The van der Waals surface area contributed by atoms with Crippen molar-refractivity contribution in [2.24, 2.45) is 5.41 Å². The van der Waals surface area contributed by atoms with Crippen molar-refractivity contribution in [1.29, 1.82) is 0 Å². The van der Waals surface area contributed by atoms with Crippen molar-refractivity contribution >= 4 is 17.2 Å². The zero-order valence-corrected chi connectivity index (χ0v) is 26.4. The summed E-state index contributed by atoms with van der Waals surface area (Å²) in [5.74, 6) is 0. The van der Waals surface area contributed by atoms with Crippen molar-refractivity contribution in [3.63, 3.8) is 0 Å². The zero-order valence-electron chi connectivity index (χ0n) is 24.6. The summed E-state index contributed by atoms with van der Waals surface area (Å²) in [6.07, 6.45) is 15.7. The highest BCUT2D eigenvalue weighted by Gasteiger charge is 2.54. The number of hydrogen-bond donors (Lipinski definition) is 8. The van der Waals surface area contributed by atoms with E-state index in [4.69, 9.17) is 19.6 Å². The van der Waals surface area contributed by atoms with E-state index in [2.05, 4.69) is 18.2 Å². The van der Waals surface area contributed by atoms with Crippen LogP contribution in [0.2, 0.25) is 0 Å². The number of aliphatic hydroxyl groups is 4. The van der Waals surface area contributed by atoms with Crippen LogP contribution in [0.4, 0.5) is 0 Å². The molecule has 0 aliphatic heterocycles. The van der Waals surface area contributed by atoms with E-state index in [-0.39, 0.29) is 0 Å². The van der Waals surface area contributed by atoms with E-state index in [1.807, 2.05) is 30.3 Å². The van der Waals surface area contributed by atoms with Crippen LogP contribution in [-0.4, -0.2) is 59.3 Å². The van der Waals surface area contributed by atoms with Gasteiger partial charge in [0.2, 0.25) is 0 Å². The molecule has 0 spiro atoms. The van der Waals surface area contributed by atoms with Crippen molar-refractivity contribution < 1.29 is 44.3 Å². The first-order valence-corrected chi connectivity index (χ1v) is 17.2. The summed E-state index contributed by atoms with van der Waals surface area (Å²) in [6, 6.07) is 9.33. The lowest BCUT2D eigenvalue weighted by molar-refractivity contribution is -0.196. The monoisotopic (exact) mass is 610 g/mol. The van der Waals surface area contributed by atoms with Gasteiger partial charge in [0, 0.05) is 0 Å². The standard InChI is InChI=1S/C29H52O4.H4O5P2/c1-3-5-7-9-11-13-18-22-27(32)28(24-30,25-31)29(33,26-20-16-15-17-21-26)23-19-14-12-10-8-6-4-2;1-6(2)5-7(3)4/h15-17,20-21,27,30-33H,3-14,18-19,22-25H2,1-2H3;1-4H. The SMILES string of the molecule is CCCCCCCCCC(O)C(CO)(CO)C(O)(CCCCCCCCC)c1ccccc1.OP(O)OP(O)O. The second-order valence-corrected chi connectivity index (χ2v) is 12.2. The number of rotatable bonds is 23. The summed E-state index contributed by atoms with van der Waals surface area (Å²) in [5.41, 5.74) is -2.21. The molecule has 9 nitrogen and oxygen atoms in total. The predicted octanol–water partition coefficient (Wildman–Crippen LogP) is 5.91. The van der Waals surface area contributed by atoms with Crippen LogP contribution in [0.5, 0.6) is 0 Å². The second kappa shape index (κ2) is 24.2. The molecule has 2 atom stereocenters. The molecule has 0 fully saturated rings. The van der Waals surface area contributed by atoms with Gasteiger partial charge in [0.05, 0.1) is 24.7 Å². The maximum Gasteiger partial charge on any atom is 0.334 e. The molecule has 0 aliphatic carbocycles. The van der Waals surface area contributed by atoms with Crippen LogP contribution in [-0.2, 0) is 9.91 Å².